The normalized spacial score (nSPS) is 18.6. The van der Waals surface area contributed by atoms with E-state index in [4.69, 9.17) is 0 Å². The van der Waals surface area contributed by atoms with E-state index in [1.54, 1.807) is 24.5 Å². The molecule has 3 rings (SSSR count). The van der Waals surface area contributed by atoms with E-state index >= 15 is 0 Å². The summed E-state index contributed by atoms with van der Waals surface area (Å²) in [6.45, 7) is 0. The van der Waals surface area contributed by atoms with Crippen molar-refractivity contribution in [3.05, 3.63) is 65.7 Å². The fourth-order valence-corrected chi connectivity index (χ4v) is 2.77. The minimum absolute atomic E-state index is 0.195. The molecular formula is C16H16FNO. The Bertz CT molecular complexity index is 551. The van der Waals surface area contributed by atoms with Gasteiger partial charge in [-0.05, 0) is 54.2 Å². The van der Waals surface area contributed by atoms with Crippen LogP contribution in [0.15, 0.2) is 48.8 Å². The van der Waals surface area contributed by atoms with Crippen molar-refractivity contribution >= 4 is 0 Å². The number of rotatable bonds is 3. The molecule has 1 aromatic heterocycles. The molecule has 98 valence electrons. The van der Waals surface area contributed by atoms with Gasteiger partial charge in [-0.25, -0.2) is 4.39 Å². The van der Waals surface area contributed by atoms with Gasteiger partial charge in [0.25, 0.3) is 0 Å². The van der Waals surface area contributed by atoms with E-state index in [0.29, 0.717) is 0 Å². The molecule has 1 aliphatic carbocycles. The molecule has 1 N–H and O–H groups in total. The Labute approximate surface area is 111 Å². The molecule has 0 radical (unpaired) electrons. The van der Waals surface area contributed by atoms with Crippen LogP contribution in [0.4, 0.5) is 4.39 Å². The second-order valence-corrected chi connectivity index (χ2v) is 5.14. The van der Waals surface area contributed by atoms with E-state index < -0.39 is 5.60 Å². The highest BCUT2D eigenvalue weighted by Gasteiger charge is 2.42. The van der Waals surface area contributed by atoms with Crippen LogP contribution >= 0.6 is 0 Å². The van der Waals surface area contributed by atoms with Gasteiger partial charge >= 0.3 is 0 Å². The van der Waals surface area contributed by atoms with Crippen molar-refractivity contribution in [2.75, 3.05) is 0 Å². The molecule has 0 aliphatic heterocycles. The SMILES string of the molecule is OC(c1ccncc1)(c1ccc(F)cc1)C1CCC1. The van der Waals surface area contributed by atoms with Gasteiger partial charge in [-0.1, -0.05) is 18.6 Å². The average molecular weight is 257 g/mol. The predicted octanol–water partition coefficient (Wildman–Crippen LogP) is 3.26. The van der Waals surface area contributed by atoms with Crippen molar-refractivity contribution in [2.45, 2.75) is 24.9 Å². The second kappa shape index (κ2) is 4.74. The first-order valence-electron chi connectivity index (χ1n) is 6.60. The van der Waals surface area contributed by atoms with Gasteiger partial charge in [-0.15, -0.1) is 0 Å². The lowest BCUT2D eigenvalue weighted by molar-refractivity contribution is -0.0201. The molecule has 2 aromatic rings. The Morgan fingerprint density at radius 2 is 1.58 bits per heavy atom. The smallest absolute Gasteiger partial charge is 0.123 e. The summed E-state index contributed by atoms with van der Waals surface area (Å²) in [5.74, 6) is -0.0881. The molecule has 0 saturated heterocycles. The van der Waals surface area contributed by atoms with Gasteiger partial charge in [0.2, 0.25) is 0 Å². The molecule has 1 heterocycles. The largest absolute Gasteiger partial charge is 0.380 e. The molecule has 3 heteroatoms. The maximum Gasteiger partial charge on any atom is 0.123 e. The van der Waals surface area contributed by atoms with Crippen molar-refractivity contribution < 1.29 is 9.50 Å². The van der Waals surface area contributed by atoms with Gasteiger partial charge in [0, 0.05) is 12.4 Å². The number of hydrogen-bond donors (Lipinski definition) is 1. The molecule has 0 amide bonds. The molecule has 0 spiro atoms. The molecular weight excluding hydrogens is 241 g/mol. The molecule has 1 aromatic carbocycles. The highest BCUT2D eigenvalue weighted by atomic mass is 19.1. The third-order valence-corrected chi connectivity index (χ3v) is 4.10. The molecule has 1 unspecified atom stereocenters. The van der Waals surface area contributed by atoms with Crippen molar-refractivity contribution in [2.24, 2.45) is 5.92 Å². The fraction of sp³-hybridized carbons (Fsp3) is 0.312. The number of benzene rings is 1. The Morgan fingerprint density at radius 1 is 1.00 bits per heavy atom. The third kappa shape index (κ3) is 2.04. The average Bonchev–Trinajstić information content (AvgIpc) is 2.38. The van der Waals surface area contributed by atoms with Crippen LogP contribution in [0.2, 0.25) is 0 Å². The van der Waals surface area contributed by atoms with Crippen LogP contribution in [0, 0.1) is 11.7 Å². The van der Waals surface area contributed by atoms with E-state index in [9.17, 15) is 9.50 Å². The number of aromatic nitrogens is 1. The van der Waals surface area contributed by atoms with E-state index in [2.05, 4.69) is 4.98 Å². The van der Waals surface area contributed by atoms with Crippen molar-refractivity contribution in [1.82, 2.24) is 4.98 Å². The zero-order valence-corrected chi connectivity index (χ0v) is 10.6. The van der Waals surface area contributed by atoms with Gasteiger partial charge in [0.1, 0.15) is 11.4 Å². The summed E-state index contributed by atoms with van der Waals surface area (Å²) in [4.78, 5) is 4.00. The van der Waals surface area contributed by atoms with Crippen LogP contribution in [0.25, 0.3) is 0 Å². The van der Waals surface area contributed by atoms with Gasteiger partial charge in [-0.2, -0.15) is 0 Å². The van der Waals surface area contributed by atoms with E-state index in [1.807, 2.05) is 12.1 Å². The van der Waals surface area contributed by atoms with Crippen LogP contribution < -0.4 is 0 Å². The molecule has 1 saturated carbocycles. The molecule has 19 heavy (non-hydrogen) atoms. The number of nitrogens with zero attached hydrogens (tertiary/aromatic N) is 1. The lowest BCUT2D eigenvalue weighted by Gasteiger charge is -2.42. The second-order valence-electron chi connectivity index (χ2n) is 5.14. The van der Waals surface area contributed by atoms with Gasteiger partial charge in [0.05, 0.1) is 0 Å². The standard InChI is InChI=1S/C16H16FNO/c17-15-6-4-13(5-7-15)16(19,12-2-1-3-12)14-8-10-18-11-9-14/h4-12,19H,1-3H2. The summed E-state index contributed by atoms with van der Waals surface area (Å²) >= 11 is 0. The number of halogens is 1. The van der Waals surface area contributed by atoms with Crippen LogP contribution in [0.5, 0.6) is 0 Å². The van der Waals surface area contributed by atoms with Crippen molar-refractivity contribution in [1.29, 1.82) is 0 Å². The summed E-state index contributed by atoms with van der Waals surface area (Å²) in [6, 6.07) is 9.83. The predicted molar refractivity (Wildman–Crippen MR) is 71.0 cm³/mol. The Balaban J connectivity index is 2.09. The van der Waals surface area contributed by atoms with Crippen molar-refractivity contribution in [3.63, 3.8) is 0 Å². The quantitative estimate of drug-likeness (QED) is 0.915. The highest BCUT2D eigenvalue weighted by molar-refractivity contribution is 5.36. The summed E-state index contributed by atoms with van der Waals surface area (Å²) in [5.41, 5.74) is 0.554. The molecule has 1 fully saturated rings. The molecule has 0 bridgehead atoms. The molecule has 1 aliphatic rings. The van der Waals surface area contributed by atoms with Gasteiger partial charge < -0.3 is 5.11 Å². The monoisotopic (exact) mass is 257 g/mol. The van der Waals surface area contributed by atoms with E-state index in [-0.39, 0.29) is 11.7 Å². The minimum atomic E-state index is -1.03. The maximum absolute atomic E-state index is 13.1. The first-order valence-corrected chi connectivity index (χ1v) is 6.60. The summed E-state index contributed by atoms with van der Waals surface area (Å²) in [6.07, 6.45) is 6.50. The Kier molecular flexibility index (Phi) is 3.07. The lowest BCUT2D eigenvalue weighted by Crippen LogP contribution is -2.40. The molecule has 1 atom stereocenters. The Morgan fingerprint density at radius 3 is 2.11 bits per heavy atom. The zero-order chi connectivity index (χ0) is 13.3. The van der Waals surface area contributed by atoms with Crippen molar-refractivity contribution in [3.8, 4) is 0 Å². The van der Waals surface area contributed by atoms with Gasteiger partial charge in [0.15, 0.2) is 0 Å². The van der Waals surface area contributed by atoms with Crippen LogP contribution in [-0.4, -0.2) is 10.1 Å². The number of hydrogen-bond acceptors (Lipinski definition) is 2. The van der Waals surface area contributed by atoms with E-state index in [0.717, 1.165) is 30.4 Å². The van der Waals surface area contributed by atoms with Crippen LogP contribution in [0.1, 0.15) is 30.4 Å². The summed E-state index contributed by atoms with van der Waals surface area (Å²) in [7, 11) is 0. The van der Waals surface area contributed by atoms with E-state index in [1.165, 1.54) is 12.1 Å². The third-order valence-electron chi connectivity index (χ3n) is 4.10. The Hall–Kier alpha value is -1.74. The lowest BCUT2D eigenvalue weighted by atomic mass is 9.67. The molecule has 2 nitrogen and oxygen atoms in total. The number of aliphatic hydroxyl groups is 1. The summed E-state index contributed by atoms with van der Waals surface area (Å²) < 4.78 is 13.1. The van der Waals surface area contributed by atoms with Crippen LogP contribution in [-0.2, 0) is 5.60 Å². The topological polar surface area (TPSA) is 33.1 Å². The summed E-state index contributed by atoms with van der Waals surface area (Å²) in [5, 5.41) is 11.2. The van der Waals surface area contributed by atoms with Crippen LogP contribution in [0.3, 0.4) is 0 Å². The highest BCUT2D eigenvalue weighted by Crippen LogP contribution is 2.46. The van der Waals surface area contributed by atoms with Gasteiger partial charge in [-0.3, -0.25) is 4.98 Å². The fourth-order valence-electron chi connectivity index (χ4n) is 2.77. The first kappa shape index (κ1) is 12.3. The number of pyridine rings is 1. The zero-order valence-electron chi connectivity index (χ0n) is 10.6. The first-order chi connectivity index (χ1) is 9.21. The maximum atomic E-state index is 13.1. The minimum Gasteiger partial charge on any atom is -0.380 e.